The molecule has 212 valence electrons. The second-order valence-electron chi connectivity index (χ2n) is 9.93. The highest BCUT2D eigenvalue weighted by molar-refractivity contribution is 7.89. The number of hydrogen-bond acceptors (Lipinski definition) is 8. The number of rotatable bonds is 10. The molecule has 1 N–H and O–H groups in total. The van der Waals surface area contributed by atoms with Gasteiger partial charge in [-0.2, -0.15) is 4.31 Å². The van der Waals surface area contributed by atoms with Gasteiger partial charge in [0, 0.05) is 75.4 Å². The summed E-state index contributed by atoms with van der Waals surface area (Å²) in [6, 6.07) is 15.9. The number of benzene rings is 2. The van der Waals surface area contributed by atoms with Crippen LogP contribution < -0.4 is 5.32 Å². The van der Waals surface area contributed by atoms with Gasteiger partial charge in [-0.1, -0.05) is 12.1 Å². The summed E-state index contributed by atoms with van der Waals surface area (Å²) in [5, 5.41) is 3.19. The lowest BCUT2D eigenvalue weighted by Crippen LogP contribution is -2.49. The van der Waals surface area contributed by atoms with Crippen LogP contribution in [0.25, 0.3) is 11.3 Å². The highest BCUT2D eigenvalue weighted by Gasteiger charge is 2.27. The fourth-order valence-electron chi connectivity index (χ4n) is 4.98. The van der Waals surface area contributed by atoms with Gasteiger partial charge in [-0.3, -0.25) is 9.69 Å². The van der Waals surface area contributed by atoms with E-state index >= 15 is 0 Å². The van der Waals surface area contributed by atoms with Crippen molar-refractivity contribution in [1.82, 2.24) is 24.1 Å². The van der Waals surface area contributed by atoms with Gasteiger partial charge >= 0.3 is 0 Å². The molecular formula is C29H36N6O4S. The molecule has 11 heteroatoms. The fourth-order valence-corrected chi connectivity index (χ4v) is 6.49. The number of aromatic nitrogens is 2. The molecule has 0 atom stereocenters. The third-order valence-electron chi connectivity index (χ3n) is 7.31. The first-order valence-electron chi connectivity index (χ1n) is 13.8. The second-order valence-corrected chi connectivity index (χ2v) is 11.9. The summed E-state index contributed by atoms with van der Waals surface area (Å²) in [6.45, 7) is 8.60. The maximum atomic E-state index is 13.0. The summed E-state index contributed by atoms with van der Waals surface area (Å²) >= 11 is 0. The van der Waals surface area contributed by atoms with Crippen LogP contribution in [-0.4, -0.2) is 97.4 Å². The number of sulfonamides is 1. The molecule has 0 aliphatic carbocycles. The molecule has 2 aromatic carbocycles. The number of carbonyl (C=O) groups excluding carboxylic acids is 1. The maximum absolute atomic E-state index is 13.0. The number of nitrogens with one attached hydrogen (secondary N) is 1. The predicted octanol–water partition coefficient (Wildman–Crippen LogP) is 3.47. The van der Waals surface area contributed by atoms with Gasteiger partial charge in [-0.15, -0.1) is 0 Å². The Morgan fingerprint density at radius 1 is 0.925 bits per heavy atom. The molecule has 40 heavy (non-hydrogen) atoms. The number of carbonyl (C=O) groups is 1. The van der Waals surface area contributed by atoms with Crippen molar-refractivity contribution >= 4 is 27.6 Å². The van der Waals surface area contributed by atoms with Crippen LogP contribution in [0.5, 0.6) is 0 Å². The molecule has 1 amide bonds. The van der Waals surface area contributed by atoms with Crippen LogP contribution in [0.1, 0.15) is 30.1 Å². The molecule has 0 unspecified atom stereocenters. The van der Waals surface area contributed by atoms with Gasteiger partial charge in [-0.05, 0) is 62.2 Å². The molecule has 0 saturated carbocycles. The standard InChI is InChI=1S/C29H36N6O4S/c1-2-39-22-21-33-17-19-34(20-18-33)28(36)24-5-9-25(10-6-24)31-29-30-14-13-27(32-29)23-7-11-26(12-8-23)40(37,38)35-15-3-4-16-35/h5-14H,2-4,15-22H2,1H3,(H,30,31,32). The summed E-state index contributed by atoms with van der Waals surface area (Å²) in [6.07, 6.45) is 3.46. The van der Waals surface area contributed by atoms with E-state index in [1.165, 1.54) is 0 Å². The Morgan fingerprint density at radius 2 is 1.62 bits per heavy atom. The summed E-state index contributed by atoms with van der Waals surface area (Å²) in [4.78, 5) is 26.4. The lowest BCUT2D eigenvalue weighted by Gasteiger charge is -2.34. The highest BCUT2D eigenvalue weighted by atomic mass is 32.2. The number of ether oxygens (including phenoxy) is 1. The Morgan fingerprint density at radius 3 is 2.30 bits per heavy atom. The lowest BCUT2D eigenvalue weighted by molar-refractivity contribution is 0.0565. The number of hydrogen-bond donors (Lipinski definition) is 1. The van der Waals surface area contributed by atoms with E-state index in [0.29, 0.717) is 48.3 Å². The number of anilines is 2. The minimum absolute atomic E-state index is 0.0319. The Hall–Kier alpha value is -3.38. The maximum Gasteiger partial charge on any atom is 0.253 e. The number of amides is 1. The molecule has 0 radical (unpaired) electrons. The van der Waals surface area contributed by atoms with E-state index in [4.69, 9.17) is 4.74 Å². The topological polar surface area (TPSA) is 108 Å². The Balaban J connectivity index is 1.18. The monoisotopic (exact) mass is 564 g/mol. The Bertz CT molecular complexity index is 1380. The van der Waals surface area contributed by atoms with E-state index in [1.807, 2.05) is 36.1 Å². The van der Waals surface area contributed by atoms with E-state index in [2.05, 4.69) is 20.2 Å². The van der Waals surface area contributed by atoms with Crippen LogP contribution in [0.15, 0.2) is 65.7 Å². The van der Waals surface area contributed by atoms with Gasteiger partial charge < -0.3 is 15.0 Å². The molecule has 2 aliphatic heterocycles. The molecule has 2 fully saturated rings. The van der Waals surface area contributed by atoms with E-state index in [0.717, 1.165) is 56.9 Å². The van der Waals surface area contributed by atoms with Gasteiger partial charge in [0.2, 0.25) is 16.0 Å². The van der Waals surface area contributed by atoms with Crippen molar-refractivity contribution in [2.24, 2.45) is 0 Å². The molecule has 1 aromatic heterocycles. The third kappa shape index (κ3) is 6.67. The van der Waals surface area contributed by atoms with Crippen LogP contribution in [-0.2, 0) is 14.8 Å². The second kappa shape index (κ2) is 12.9. The first kappa shape index (κ1) is 28.2. The molecule has 0 bridgehead atoms. The van der Waals surface area contributed by atoms with E-state index in [-0.39, 0.29) is 5.91 Å². The van der Waals surface area contributed by atoms with Crippen molar-refractivity contribution in [1.29, 1.82) is 0 Å². The predicted molar refractivity (Wildman–Crippen MR) is 154 cm³/mol. The van der Waals surface area contributed by atoms with Gasteiger partial charge in [0.25, 0.3) is 5.91 Å². The molecule has 5 rings (SSSR count). The largest absolute Gasteiger partial charge is 0.380 e. The molecule has 10 nitrogen and oxygen atoms in total. The minimum Gasteiger partial charge on any atom is -0.380 e. The van der Waals surface area contributed by atoms with Gasteiger partial charge in [0.1, 0.15) is 0 Å². The van der Waals surface area contributed by atoms with Crippen LogP contribution in [0.2, 0.25) is 0 Å². The first-order valence-corrected chi connectivity index (χ1v) is 15.3. The van der Waals surface area contributed by atoms with Gasteiger partial charge in [-0.25, -0.2) is 18.4 Å². The van der Waals surface area contributed by atoms with Crippen molar-refractivity contribution in [3.63, 3.8) is 0 Å². The van der Waals surface area contributed by atoms with Crippen LogP contribution in [0.3, 0.4) is 0 Å². The first-order chi connectivity index (χ1) is 19.4. The number of piperazine rings is 1. The van der Waals surface area contributed by atoms with Crippen LogP contribution in [0, 0.1) is 0 Å². The summed E-state index contributed by atoms with van der Waals surface area (Å²) in [5.74, 6) is 0.443. The quantitative estimate of drug-likeness (QED) is 0.373. The Labute approximate surface area is 236 Å². The zero-order valence-electron chi connectivity index (χ0n) is 22.8. The molecular weight excluding hydrogens is 528 g/mol. The average molecular weight is 565 g/mol. The minimum atomic E-state index is -3.46. The van der Waals surface area contributed by atoms with Crippen molar-refractivity contribution in [3.8, 4) is 11.3 Å². The van der Waals surface area contributed by atoms with Gasteiger partial charge in [0.15, 0.2) is 0 Å². The molecule has 0 spiro atoms. The molecule has 3 aromatic rings. The van der Waals surface area contributed by atoms with Crippen LogP contribution >= 0.6 is 0 Å². The van der Waals surface area contributed by atoms with E-state index in [9.17, 15) is 13.2 Å². The van der Waals surface area contributed by atoms with Crippen molar-refractivity contribution < 1.29 is 17.9 Å². The molecule has 3 heterocycles. The Kier molecular flexibility index (Phi) is 9.05. The smallest absolute Gasteiger partial charge is 0.253 e. The summed E-state index contributed by atoms with van der Waals surface area (Å²) in [5.41, 5.74) is 2.88. The normalized spacial score (nSPS) is 16.8. The summed E-state index contributed by atoms with van der Waals surface area (Å²) < 4.78 is 32.6. The van der Waals surface area contributed by atoms with Crippen molar-refractivity contribution in [3.05, 3.63) is 66.4 Å². The highest BCUT2D eigenvalue weighted by Crippen LogP contribution is 2.25. The zero-order chi connectivity index (χ0) is 28.0. The van der Waals surface area contributed by atoms with Gasteiger partial charge in [0.05, 0.1) is 17.2 Å². The average Bonchev–Trinajstić information content (AvgIpc) is 3.54. The van der Waals surface area contributed by atoms with E-state index in [1.54, 1.807) is 40.8 Å². The SMILES string of the molecule is CCOCCN1CCN(C(=O)c2ccc(Nc3nccc(-c4ccc(S(=O)(=O)N5CCCC5)cc4)n3)cc2)CC1. The molecule has 2 saturated heterocycles. The summed E-state index contributed by atoms with van der Waals surface area (Å²) in [7, 11) is -3.46. The lowest BCUT2D eigenvalue weighted by atomic mass is 10.1. The third-order valence-corrected chi connectivity index (χ3v) is 9.22. The van der Waals surface area contributed by atoms with E-state index < -0.39 is 10.0 Å². The van der Waals surface area contributed by atoms with Crippen LogP contribution in [0.4, 0.5) is 11.6 Å². The zero-order valence-corrected chi connectivity index (χ0v) is 23.6. The fraction of sp³-hybridized carbons (Fsp3) is 0.414. The van der Waals surface area contributed by atoms with Crippen molar-refractivity contribution in [2.75, 3.05) is 64.3 Å². The van der Waals surface area contributed by atoms with Crippen molar-refractivity contribution in [2.45, 2.75) is 24.7 Å². The molecule has 2 aliphatic rings. The number of nitrogens with zero attached hydrogens (tertiary/aromatic N) is 5.